The summed E-state index contributed by atoms with van der Waals surface area (Å²) in [4.78, 5) is 2.15. The van der Waals surface area contributed by atoms with Crippen molar-refractivity contribution in [1.82, 2.24) is 4.90 Å². The number of aliphatic hydroxyl groups excluding tert-OH is 1. The van der Waals surface area contributed by atoms with Gasteiger partial charge >= 0.3 is 0 Å². The number of hydrogen-bond acceptors (Lipinski definition) is 6. The average molecular weight is 375 g/mol. The van der Waals surface area contributed by atoms with Crippen LogP contribution in [-0.4, -0.2) is 42.7 Å². The quantitative estimate of drug-likeness (QED) is 0.687. The molecule has 0 radical (unpaired) electrons. The number of aryl methyl sites for hydroxylation is 1. The zero-order chi connectivity index (χ0) is 19.2. The van der Waals surface area contributed by atoms with Crippen LogP contribution in [0.2, 0.25) is 0 Å². The summed E-state index contributed by atoms with van der Waals surface area (Å²) in [6.45, 7) is 9.13. The number of rotatable bonds is 10. The second-order valence-electron chi connectivity index (χ2n) is 7.45. The first-order chi connectivity index (χ1) is 13.0. The monoisotopic (exact) mass is 375 g/mol. The SMILES string of the molecule is Cc1ccc(CN(Cc2ccc3c(c2)OCO3)CC(O)COCC(C)C)o1. The van der Waals surface area contributed by atoms with E-state index in [0.717, 1.165) is 28.6 Å². The molecule has 1 unspecified atom stereocenters. The molecule has 0 bridgehead atoms. The zero-order valence-electron chi connectivity index (χ0n) is 16.3. The third-order valence-electron chi connectivity index (χ3n) is 4.25. The lowest BCUT2D eigenvalue weighted by molar-refractivity contribution is 0.00457. The highest BCUT2D eigenvalue weighted by Crippen LogP contribution is 2.33. The van der Waals surface area contributed by atoms with Crippen molar-refractivity contribution in [1.29, 1.82) is 0 Å². The van der Waals surface area contributed by atoms with Gasteiger partial charge in [0.2, 0.25) is 6.79 Å². The first-order valence-electron chi connectivity index (χ1n) is 9.41. The molecule has 148 valence electrons. The number of furan rings is 1. The van der Waals surface area contributed by atoms with Gasteiger partial charge in [-0.1, -0.05) is 19.9 Å². The topological polar surface area (TPSA) is 64.3 Å². The van der Waals surface area contributed by atoms with E-state index >= 15 is 0 Å². The molecule has 6 nitrogen and oxygen atoms in total. The van der Waals surface area contributed by atoms with Gasteiger partial charge in [-0.3, -0.25) is 4.90 Å². The lowest BCUT2D eigenvalue weighted by Crippen LogP contribution is -2.34. The van der Waals surface area contributed by atoms with Gasteiger partial charge in [0.05, 0.1) is 19.3 Å². The van der Waals surface area contributed by atoms with Crippen molar-refractivity contribution in [3.63, 3.8) is 0 Å². The standard InChI is InChI=1S/C21H29NO5/c1-15(2)12-24-13-18(23)10-22(11-19-6-4-16(3)27-19)9-17-5-7-20-21(8-17)26-14-25-20/h4-8,15,18,23H,9-14H2,1-3H3. The minimum absolute atomic E-state index is 0.264. The molecule has 1 atom stereocenters. The van der Waals surface area contributed by atoms with Crippen LogP contribution in [-0.2, 0) is 17.8 Å². The second-order valence-corrected chi connectivity index (χ2v) is 7.45. The fraction of sp³-hybridized carbons (Fsp3) is 0.524. The minimum Gasteiger partial charge on any atom is -0.465 e. The minimum atomic E-state index is -0.561. The van der Waals surface area contributed by atoms with E-state index in [1.165, 1.54) is 0 Å². The van der Waals surface area contributed by atoms with Crippen molar-refractivity contribution < 1.29 is 23.7 Å². The molecule has 1 aromatic heterocycles. The summed E-state index contributed by atoms with van der Waals surface area (Å²) in [5.74, 6) is 3.75. The van der Waals surface area contributed by atoms with Gasteiger partial charge in [0.15, 0.2) is 11.5 Å². The molecule has 6 heteroatoms. The normalized spacial score (nSPS) is 14.3. The van der Waals surface area contributed by atoms with Gasteiger partial charge in [0.1, 0.15) is 11.5 Å². The van der Waals surface area contributed by atoms with Crippen LogP contribution in [0.25, 0.3) is 0 Å². The molecule has 27 heavy (non-hydrogen) atoms. The van der Waals surface area contributed by atoms with E-state index < -0.39 is 6.10 Å². The summed E-state index contributed by atoms with van der Waals surface area (Å²) < 4.78 is 22.2. The molecule has 0 amide bonds. The molecule has 3 rings (SSSR count). The van der Waals surface area contributed by atoms with Gasteiger partial charge in [-0.25, -0.2) is 0 Å². The largest absolute Gasteiger partial charge is 0.465 e. The Kier molecular flexibility index (Phi) is 6.77. The Balaban J connectivity index is 1.63. The van der Waals surface area contributed by atoms with Crippen molar-refractivity contribution >= 4 is 0 Å². The maximum Gasteiger partial charge on any atom is 0.231 e. The molecule has 0 spiro atoms. The zero-order valence-corrected chi connectivity index (χ0v) is 16.3. The highest BCUT2D eigenvalue weighted by molar-refractivity contribution is 5.44. The van der Waals surface area contributed by atoms with Crippen LogP contribution in [0.15, 0.2) is 34.7 Å². The third kappa shape index (κ3) is 5.99. The second kappa shape index (κ2) is 9.26. The van der Waals surface area contributed by atoms with E-state index in [9.17, 15) is 5.11 Å². The number of nitrogens with zero attached hydrogens (tertiary/aromatic N) is 1. The molecule has 2 aromatic rings. The Morgan fingerprint density at radius 1 is 1.07 bits per heavy atom. The summed E-state index contributed by atoms with van der Waals surface area (Å²) in [5.41, 5.74) is 1.10. The van der Waals surface area contributed by atoms with Crippen LogP contribution >= 0.6 is 0 Å². The molecule has 0 fully saturated rings. The highest BCUT2D eigenvalue weighted by Gasteiger charge is 2.18. The fourth-order valence-electron chi connectivity index (χ4n) is 3.06. The molecule has 0 saturated carbocycles. The predicted molar refractivity (Wildman–Crippen MR) is 102 cm³/mol. The van der Waals surface area contributed by atoms with Crippen LogP contribution in [0.3, 0.4) is 0 Å². The predicted octanol–water partition coefficient (Wildman–Crippen LogP) is 3.35. The Morgan fingerprint density at radius 3 is 2.63 bits per heavy atom. The van der Waals surface area contributed by atoms with Crippen molar-refractivity contribution in [3.05, 3.63) is 47.4 Å². The number of ether oxygens (including phenoxy) is 3. The van der Waals surface area contributed by atoms with Crippen LogP contribution < -0.4 is 9.47 Å². The molecule has 1 aliphatic heterocycles. The van der Waals surface area contributed by atoms with Crippen LogP contribution in [0, 0.1) is 12.8 Å². The molecule has 0 saturated heterocycles. The van der Waals surface area contributed by atoms with E-state index in [4.69, 9.17) is 18.6 Å². The number of benzene rings is 1. The smallest absolute Gasteiger partial charge is 0.231 e. The third-order valence-corrected chi connectivity index (χ3v) is 4.25. The van der Waals surface area contributed by atoms with Crippen molar-refractivity contribution in [3.8, 4) is 11.5 Å². The molecule has 1 N–H and O–H groups in total. The lowest BCUT2D eigenvalue weighted by atomic mass is 10.1. The molecular weight excluding hydrogens is 346 g/mol. The number of aliphatic hydroxyl groups is 1. The molecular formula is C21H29NO5. The maximum atomic E-state index is 10.4. The maximum absolute atomic E-state index is 10.4. The molecule has 0 aliphatic carbocycles. The molecule has 1 aromatic carbocycles. The summed E-state index contributed by atoms with van der Waals surface area (Å²) in [6.07, 6.45) is -0.561. The first kappa shape index (κ1) is 19.7. The van der Waals surface area contributed by atoms with Gasteiger partial charge in [-0.15, -0.1) is 0 Å². The molecule has 2 heterocycles. The summed E-state index contributed by atoms with van der Waals surface area (Å²) in [7, 11) is 0. The average Bonchev–Trinajstić information content (AvgIpc) is 3.22. The van der Waals surface area contributed by atoms with Gasteiger partial charge in [-0.2, -0.15) is 0 Å². The van der Waals surface area contributed by atoms with Crippen LogP contribution in [0.1, 0.15) is 30.9 Å². The van der Waals surface area contributed by atoms with E-state index in [1.807, 2.05) is 37.3 Å². The van der Waals surface area contributed by atoms with E-state index in [1.54, 1.807) is 0 Å². The van der Waals surface area contributed by atoms with Crippen molar-refractivity contribution in [2.24, 2.45) is 5.92 Å². The van der Waals surface area contributed by atoms with E-state index in [0.29, 0.717) is 38.8 Å². The van der Waals surface area contributed by atoms with Gasteiger partial charge < -0.3 is 23.7 Å². The van der Waals surface area contributed by atoms with Gasteiger partial charge in [0.25, 0.3) is 0 Å². The Bertz CT molecular complexity index is 727. The summed E-state index contributed by atoms with van der Waals surface area (Å²) in [5, 5.41) is 10.4. The number of hydrogen-bond donors (Lipinski definition) is 1. The van der Waals surface area contributed by atoms with Crippen molar-refractivity contribution in [2.75, 3.05) is 26.6 Å². The van der Waals surface area contributed by atoms with Crippen molar-refractivity contribution in [2.45, 2.75) is 40.0 Å². The van der Waals surface area contributed by atoms with Crippen LogP contribution in [0.5, 0.6) is 11.5 Å². The lowest BCUT2D eigenvalue weighted by Gasteiger charge is -2.24. The Hall–Kier alpha value is -2.02. The highest BCUT2D eigenvalue weighted by atomic mass is 16.7. The first-order valence-corrected chi connectivity index (χ1v) is 9.41. The fourth-order valence-corrected chi connectivity index (χ4v) is 3.06. The van der Waals surface area contributed by atoms with E-state index in [-0.39, 0.29) is 6.79 Å². The van der Waals surface area contributed by atoms with Gasteiger partial charge in [-0.05, 0) is 42.7 Å². The van der Waals surface area contributed by atoms with Crippen LogP contribution in [0.4, 0.5) is 0 Å². The Labute approximate surface area is 160 Å². The Morgan fingerprint density at radius 2 is 1.89 bits per heavy atom. The molecule has 1 aliphatic rings. The summed E-state index contributed by atoms with van der Waals surface area (Å²) >= 11 is 0. The summed E-state index contributed by atoms with van der Waals surface area (Å²) in [6, 6.07) is 9.87. The van der Waals surface area contributed by atoms with Gasteiger partial charge in [0, 0.05) is 19.7 Å². The van der Waals surface area contributed by atoms with E-state index in [2.05, 4.69) is 18.7 Å². The number of fused-ring (bicyclic) bond motifs is 1.